The van der Waals surface area contributed by atoms with Crippen molar-refractivity contribution in [3.8, 4) is 17.2 Å². The molecule has 0 atom stereocenters. The van der Waals surface area contributed by atoms with Crippen LogP contribution in [0.2, 0.25) is 0 Å². The number of carbonyl (C=O) groups is 2. The molecule has 0 unspecified atom stereocenters. The average molecular weight is 532 g/mol. The number of ether oxygens (including phenoxy) is 2. The van der Waals surface area contributed by atoms with E-state index in [0.29, 0.717) is 28.8 Å². The van der Waals surface area contributed by atoms with Crippen molar-refractivity contribution in [3.05, 3.63) is 71.0 Å². The Morgan fingerprint density at radius 1 is 1.35 bits per heavy atom. The first-order valence-corrected chi connectivity index (χ1v) is 10.9. The predicted octanol–water partition coefficient (Wildman–Crippen LogP) is 3.11. The molecule has 2 amide bonds. The molecule has 11 heteroatoms. The number of benzene rings is 1. The minimum absolute atomic E-state index is 0.0253. The van der Waals surface area contributed by atoms with Gasteiger partial charge in [0.25, 0.3) is 5.91 Å². The Balaban J connectivity index is 1.60. The van der Waals surface area contributed by atoms with Gasteiger partial charge in [0.1, 0.15) is 28.6 Å². The van der Waals surface area contributed by atoms with Crippen LogP contribution in [0.15, 0.2) is 64.5 Å². The van der Waals surface area contributed by atoms with Gasteiger partial charge in [0.2, 0.25) is 5.91 Å². The molecule has 1 aliphatic rings. The zero-order chi connectivity index (χ0) is 24.7. The van der Waals surface area contributed by atoms with Crippen molar-refractivity contribution in [2.45, 2.75) is 24.9 Å². The summed E-state index contributed by atoms with van der Waals surface area (Å²) in [5.41, 5.74) is 4.48. The van der Waals surface area contributed by atoms with E-state index in [4.69, 9.17) is 15.2 Å². The highest BCUT2D eigenvalue weighted by Crippen LogP contribution is 2.36. The Morgan fingerprint density at radius 3 is 2.71 bits per heavy atom. The fraction of sp³-hybridized carbons (Fsp3) is 0.217. The standard InChI is InChI=1S/C23H23BrFN5O4/c1-3-27-11-14(10-26)21(31)30-23(6-7-23)22(32)29-13-19-18(25)9-16(12-28-19)34-20-5-4-15(33-2)8-17(20)24/h3-5,8-12H,1,6-7,13,26H2,2H3,(H,29,32)(H,30,31)/b14-10+,27-11-. The molecule has 9 nitrogen and oxygen atoms in total. The molecule has 1 aromatic heterocycles. The van der Waals surface area contributed by atoms with E-state index in [1.54, 1.807) is 25.3 Å². The SMILES string of the molecule is C=C/N=C\C(=C/N)C(=O)NC1(C(=O)NCc2ncc(Oc3ccc(OC)cc3Br)cc2F)CC1. The highest BCUT2D eigenvalue weighted by molar-refractivity contribution is 9.10. The Labute approximate surface area is 204 Å². The normalized spacial score (nSPS) is 14.4. The first-order chi connectivity index (χ1) is 16.3. The van der Waals surface area contributed by atoms with E-state index in [-0.39, 0.29) is 23.6 Å². The van der Waals surface area contributed by atoms with E-state index >= 15 is 0 Å². The maximum absolute atomic E-state index is 14.6. The molecular formula is C23H23BrFN5O4. The number of halogens is 2. The molecule has 0 saturated heterocycles. The summed E-state index contributed by atoms with van der Waals surface area (Å²) >= 11 is 3.37. The lowest BCUT2D eigenvalue weighted by Crippen LogP contribution is -2.49. The monoisotopic (exact) mass is 531 g/mol. The fourth-order valence-electron chi connectivity index (χ4n) is 2.92. The lowest BCUT2D eigenvalue weighted by Gasteiger charge is -2.17. The number of aromatic nitrogens is 1. The number of nitrogens with two attached hydrogens (primary N) is 1. The third-order valence-corrected chi connectivity index (χ3v) is 5.59. The highest BCUT2D eigenvalue weighted by Gasteiger charge is 2.51. The fourth-order valence-corrected chi connectivity index (χ4v) is 3.36. The summed E-state index contributed by atoms with van der Waals surface area (Å²) in [5.74, 6) is -0.354. The summed E-state index contributed by atoms with van der Waals surface area (Å²) in [4.78, 5) is 32.8. The minimum Gasteiger partial charge on any atom is -0.497 e. The van der Waals surface area contributed by atoms with Gasteiger partial charge in [-0.15, -0.1) is 0 Å². The molecule has 1 saturated carbocycles. The molecule has 0 spiro atoms. The van der Waals surface area contributed by atoms with Gasteiger partial charge in [-0.05, 0) is 47.0 Å². The van der Waals surface area contributed by atoms with Crippen LogP contribution in [-0.2, 0) is 16.1 Å². The summed E-state index contributed by atoms with van der Waals surface area (Å²) < 4.78 is 26.0. The van der Waals surface area contributed by atoms with Crippen LogP contribution in [0.1, 0.15) is 18.5 Å². The van der Waals surface area contributed by atoms with Crippen LogP contribution in [0.25, 0.3) is 0 Å². The summed E-state index contributed by atoms with van der Waals surface area (Å²) in [6, 6.07) is 6.27. The number of nitrogens with zero attached hydrogens (tertiary/aromatic N) is 2. The summed E-state index contributed by atoms with van der Waals surface area (Å²) in [5, 5.41) is 5.28. The number of hydrogen-bond acceptors (Lipinski definition) is 7. The second-order valence-corrected chi connectivity index (χ2v) is 8.15. The molecule has 2 aromatic rings. The molecule has 4 N–H and O–H groups in total. The van der Waals surface area contributed by atoms with Crippen molar-refractivity contribution in [2.75, 3.05) is 7.11 Å². The van der Waals surface area contributed by atoms with Crippen molar-refractivity contribution in [2.24, 2.45) is 10.7 Å². The Kier molecular flexibility index (Phi) is 8.00. The Hall–Kier alpha value is -3.73. The van der Waals surface area contributed by atoms with Crippen LogP contribution in [-0.4, -0.2) is 35.7 Å². The minimum atomic E-state index is -1.08. The van der Waals surface area contributed by atoms with Gasteiger partial charge in [-0.1, -0.05) is 6.58 Å². The third-order valence-electron chi connectivity index (χ3n) is 4.97. The van der Waals surface area contributed by atoms with Crippen LogP contribution in [0, 0.1) is 5.82 Å². The lowest BCUT2D eigenvalue weighted by molar-refractivity contribution is -0.128. The third kappa shape index (κ3) is 5.98. The van der Waals surface area contributed by atoms with E-state index in [1.165, 1.54) is 24.7 Å². The molecular weight excluding hydrogens is 509 g/mol. The smallest absolute Gasteiger partial charge is 0.255 e. The average Bonchev–Trinajstić information content (AvgIpc) is 3.60. The number of hydrogen-bond donors (Lipinski definition) is 3. The number of aliphatic imine (C=N–C) groups is 1. The molecule has 178 valence electrons. The second-order valence-electron chi connectivity index (χ2n) is 7.30. The maximum atomic E-state index is 14.6. The van der Waals surface area contributed by atoms with Crippen molar-refractivity contribution < 1.29 is 23.5 Å². The van der Waals surface area contributed by atoms with Gasteiger partial charge < -0.3 is 25.8 Å². The summed E-state index contributed by atoms with van der Waals surface area (Å²) in [6.07, 6.45) is 5.82. The number of nitrogens with one attached hydrogen (secondary N) is 2. The van der Waals surface area contributed by atoms with Gasteiger partial charge in [0.15, 0.2) is 0 Å². The highest BCUT2D eigenvalue weighted by atomic mass is 79.9. The molecule has 34 heavy (non-hydrogen) atoms. The van der Waals surface area contributed by atoms with Gasteiger partial charge in [0, 0.05) is 24.7 Å². The predicted molar refractivity (Wildman–Crippen MR) is 128 cm³/mol. The molecule has 1 aromatic carbocycles. The zero-order valence-electron chi connectivity index (χ0n) is 18.3. The topological polar surface area (TPSA) is 128 Å². The first kappa shape index (κ1) is 24.9. The number of methoxy groups -OCH3 is 1. The van der Waals surface area contributed by atoms with Crippen molar-refractivity contribution >= 4 is 34.0 Å². The van der Waals surface area contributed by atoms with E-state index < -0.39 is 23.2 Å². The molecule has 0 aliphatic heterocycles. The van der Waals surface area contributed by atoms with Crippen LogP contribution in [0.4, 0.5) is 4.39 Å². The van der Waals surface area contributed by atoms with E-state index in [9.17, 15) is 14.0 Å². The van der Waals surface area contributed by atoms with Crippen LogP contribution < -0.4 is 25.8 Å². The van der Waals surface area contributed by atoms with Gasteiger partial charge in [-0.25, -0.2) is 4.39 Å². The summed E-state index contributed by atoms with van der Waals surface area (Å²) in [6.45, 7) is 3.26. The van der Waals surface area contributed by atoms with Gasteiger partial charge >= 0.3 is 0 Å². The van der Waals surface area contributed by atoms with Crippen molar-refractivity contribution in [3.63, 3.8) is 0 Å². The van der Waals surface area contributed by atoms with Gasteiger partial charge in [0.05, 0.1) is 35.6 Å². The second kappa shape index (κ2) is 10.9. The van der Waals surface area contributed by atoms with E-state index in [2.05, 4.69) is 43.1 Å². The van der Waals surface area contributed by atoms with E-state index in [0.717, 1.165) is 6.20 Å². The number of rotatable bonds is 10. The number of carbonyl (C=O) groups excluding carboxylic acids is 2. The van der Waals surface area contributed by atoms with Gasteiger partial charge in [-0.3, -0.25) is 19.6 Å². The lowest BCUT2D eigenvalue weighted by atomic mass is 10.2. The molecule has 1 fully saturated rings. The van der Waals surface area contributed by atoms with Crippen molar-refractivity contribution in [1.82, 2.24) is 15.6 Å². The van der Waals surface area contributed by atoms with E-state index in [1.807, 2.05) is 0 Å². The number of amides is 2. The van der Waals surface area contributed by atoms with Gasteiger partial charge in [-0.2, -0.15) is 0 Å². The summed E-state index contributed by atoms with van der Waals surface area (Å²) in [7, 11) is 1.55. The molecule has 0 bridgehead atoms. The largest absolute Gasteiger partial charge is 0.497 e. The van der Waals surface area contributed by atoms with Crippen LogP contribution in [0.5, 0.6) is 17.2 Å². The van der Waals surface area contributed by atoms with Crippen molar-refractivity contribution in [1.29, 1.82) is 0 Å². The van der Waals surface area contributed by atoms with Crippen LogP contribution >= 0.6 is 15.9 Å². The Bertz CT molecular complexity index is 1160. The molecule has 0 radical (unpaired) electrons. The Morgan fingerprint density at radius 2 is 2.12 bits per heavy atom. The molecule has 1 aliphatic carbocycles. The molecule has 3 rings (SSSR count). The number of pyridine rings is 1. The first-order valence-electron chi connectivity index (χ1n) is 10.1. The zero-order valence-corrected chi connectivity index (χ0v) is 19.9. The quantitative estimate of drug-likeness (QED) is 0.319. The van der Waals surface area contributed by atoms with Crippen LogP contribution in [0.3, 0.4) is 0 Å². The molecule has 1 heterocycles. The maximum Gasteiger partial charge on any atom is 0.255 e.